The molecule has 0 N–H and O–H groups in total. The Morgan fingerprint density at radius 3 is 2.19 bits per heavy atom. The van der Waals surface area contributed by atoms with Gasteiger partial charge in [-0.1, -0.05) is 30.8 Å². The highest BCUT2D eigenvalue weighted by Gasteiger charge is 2.17. The topological polar surface area (TPSA) is 3.24 Å². The van der Waals surface area contributed by atoms with E-state index in [1.165, 1.54) is 5.56 Å². The molecule has 0 spiro atoms. The van der Waals surface area contributed by atoms with Crippen LogP contribution in [0.2, 0.25) is 0 Å². The zero-order chi connectivity index (χ0) is 12.3. The third-order valence-corrected chi connectivity index (χ3v) is 2.71. The molecule has 16 heavy (non-hydrogen) atoms. The molecule has 1 rings (SSSR count). The first kappa shape index (κ1) is 12.8. The fourth-order valence-electron chi connectivity index (χ4n) is 1.42. The zero-order valence-electron chi connectivity index (χ0n) is 10.5. The van der Waals surface area contributed by atoms with Gasteiger partial charge in [-0.25, -0.2) is 4.39 Å². The SMILES string of the molecule is C=C(C)N(C)Cc1ccc(C(C)(C)F)cc1. The molecule has 0 amide bonds. The quantitative estimate of drug-likeness (QED) is 0.746. The summed E-state index contributed by atoms with van der Waals surface area (Å²) in [4.78, 5) is 2.07. The van der Waals surface area contributed by atoms with Gasteiger partial charge in [0.1, 0.15) is 5.67 Å². The summed E-state index contributed by atoms with van der Waals surface area (Å²) in [5.41, 5.74) is 1.64. The maximum atomic E-state index is 13.6. The molecule has 0 aliphatic heterocycles. The molecule has 0 aromatic heterocycles. The lowest BCUT2D eigenvalue weighted by Gasteiger charge is -2.20. The van der Waals surface area contributed by atoms with Gasteiger partial charge in [-0.15, -0.1) is 0 Å². The Morgan fingerprint density at radius 1 is 1.31 bits per heavy atom. The van der Waals surface area contributed by atoms with Crippen molar-refractivity contribution in [3.8, 4) is 0 Å². The van der Waals surface area contributed by atoms with Crippen molar-refractivity contribution in [3.63, 3.8) is 0 Å². The van der Waals surface area contributed by atoms with E-state index in [2.05, 4.69) is 11.5 Å². The molecule has 0 atom stereocenters. The molecule has 88 valence electrons. The number of hydrogen-bond donors (Lipinski definition) is 0. The Kier molecular flexibility index (Phi) is 3.74. The predicted octanol–water partition coefficient (Wildman–Crippen LogP) is 3.86. The number of rotatable bonds is 4. The molecular weight excluding hydrogens is 201 g/mol. The summed E-state index contributed by atoms with van der Waals surface area (Å²) in [6.45, 7) is 9.80. The van der Waals surface area contributed by atoms with Crippen LogP contribution in [0.25, 0.3) is 0 Å². The Morgan fingerprint density at radius 2 is 1.81 bits per heavy atom. The van der Waals surface area contributed by atoms with Crippen molar-refractivity contribution in [2.75, 3.05) is 7.05 Å². The molecule has 1 aromatic rings. The van der Waals surface area contributed by atoms with Crippen LogP contribution in [0.15, 0.2) is 36.5 Å². The second kappa shape index (κ2) is 4.69. The third-order valence-electron chi connectivity index (χ3n) is 2.71. The smallest absolute Gasteiger partial charge is 0.130 e. The van der Waals surface area contributed by atoms with Crippen molar-refractivity contribution in [2.45, 2.75) is 33.0 Å². The van der Waals surface area contributed by atoms with Crippen molar-refractivity contribution < 1.29 is 4.39 Å². The van der Waals surface area contributed by atoms with Gasteiger partial charge < -0.3 is 4.90 Å². The molecule has 1 aromatic carbocycles. The van der Waals surface area contributed by atoms with Crippen LogP contribution in [-0.4, -0.2) is 11.9 Å². The van der Waals surface area contributed by atoms with Crippen molar-refractivity contribution >= 4 is 0 Å². The Bertz CT molecular complexity index is 359. The van der Waals surface area contributed by atoms with E-state index in [-0.39, 0.29) is 0 Å². The first-order valence-corrected chi connectivity index (χ1v) is 5.45. The summed E-state index contributed by atoms with van der Waals surface area (Å²) in [5, 5.41) is 0. The monoisotopic (exact) mass is 221 g/mol. The highest BCUT2D eigenvalue weighted by molar-refractivity contribution is 5.26. The van der Waals surface area contributed by atoms with E-state index >= 15 is 0 Å². The van der Waals surface area contributed by atoms with Crippen LogP contribution in [0, 0.1) is 0 Å². The van der Waals surface area contributed by atoms with Gasteiger partial charge in [0, 0.05) is 19.3 Å². The van der Waals surface area contributed by atoms with Crippen LogP contribution >= 0.6 is 0 Å². The van der Waals surface area contributed by atoms with E-state index in [1.807, 2.05) is 38.2 Å². The van der Waals surface area contributed by atoms with E-state index < -0.39 is 5.67 Å². The molecule has 0 bridgehead atoms. The molecular formula is C14H20FN. The highest BCUT2D eigenvalue weighted by Crippen LogP contribution is 2.24. The minimum absolute atomic E-state index is 0.717. The average Bonchev–Trinajstić information content (AvgIpc) is 2.17. The summed E-state index contributed by atoms with van der Waals surface area (Å²) < 4.78 is 13.6. The Hall–Kier alpha value is -1.31. The molecule has 0 aliphatic carbocycles. The first-order valence-electron chi connectivity index (χ1n) is 5.45. The Labute approximate surface area is 97.6 Å². The van der Waals surface area contributed by atoms with Gasteiger partial charge in [0.25, 0.3) is 0 Å². The molecule has 0 radical (unpaired) electrons. The molecule has 0 saturated heterocycles. The maximum absolute atomic E-state index is 13.6. The lowest BCUT2D eigenvalue weighted by Crippen LogP contribution is -2.15. The molecule has 0 unspecified atom stereocenters. The summed E-state index contributed by atoms with van der Waals surface area (Å²) in [6.07, 6.45) is 0. The molecule has 0 aliphatic rings. The third kappa shape index (κ3) is 3.37. The van der Waals surface area contributed by atoms with Crippen LogP contribution < -0.4 is 0 Å². The average molecular weight is 221 g/mol. The van der Waals surface area contributed by atoms with E-state index in [4.69, 9.17) is 0 Å². The van der Waals surface area contributed by atoms with Crippen LogP contribution in [0.1, 0.15) is 31.9 Å². The predicted molar refractivity (Wildman–Crippen MR) is 66.9 cm³/mol. The minimum atomic E-state index is -1.27. The Balaban J connectivity index is 2.76. The van der Waals surface area contributed by atoms with Crippen molar-refractivity contribution in [1.29, 1.82) is 0 Å². The van der Waals surface area contributed by atoms with Gasteiger partial charge >= 0.3 is 0 Å². The van der Waals surface area contributed by atoms with Gasteiger partial charge in [0.15, 0.2) is 0 Å². The van der Waals surface area contributed by atoms with Crippen LogP contribution in [0.4, 0.5) is 4.39 Å². The van der Waals surface area contributed by atoms with Gasteiger partial charge in [0.05, 0.1) is 0 Å². The lowest BCUT2D eigenvalue weighted by molar-refractivity contribution is 0.221. The number of nitrogens with zero attached hydrogens (tertiary/aromatic N) is 1. The van der Waals surface area contributed by atoms with Gasteiger partial charge in [0.2, 0.25) is 0 Å². The van der Waals surface area contributed by atoms with E-state index in [1.54, 1.807) is 13.8 Å². The van der Waals surface area contributed by atoms with Crippen molar-refractivity contribution in [1.82, 2.24) is 4.90 Å². The maximum Gasteiger partial charge on any atom is 0.130 e. The molecule has 0 fully saturated rings. The van der Waals surface area contributed by atoms with Crippen molar-refractivity contribution in [2.24, 2.45) is 0 Å². The fourth-order valence-corrected chi connectivity index (χ4v) is 1.42. The number of alkyl halides is 1. The molecule has 0 heterocycles. The lowest BCUT2D eigenvalue weighted by atomic mass is 9.99. The summed E-state index contributed by atoms with van der Waals surface area (Å²) in [6, 6.07) is 7.63. The summed E-state index contributed by atoms with van der Waals surface area (Å²) in [7, 11) is 2.00. The number of hydrogen-bond acceptors (Lipinski definition) is 1. The minimum Gasteiger partial charge on any atom is -0.374 e. The normalized spacial score (nSPS) is 11.3. The van der Waals surface area contributed by atoms with Crippen LogP contribution in [-0.2, 0) is 12.2 Å². The van der Waals surface area contributed by atoms with E-state index in [9.17, 15) is 4.39 Å². The largest absolute Gasteiger partial charge is 0.374 e. The van der Waals surface area contributed by atoms with Crippen LogP contribution in [0.5, 0.6) is 0 Å². The zero-order valence-corrected chi connectivity index (χ0v) is 10.5. The van der Waals surface area contributed by atoms with Crippen molar-refractivity contribution in [3.05, 3.63) is 47.7 Å². The van der Waals surface area contributed by atoms with Gasteiger partial charge in [-0.3, -0.25) is 0 Å². The van der Waals surface area contributed by atoms with Gasteiger partial charge in [-0.05, 0) is 31.9 Å². The van der Waals surface area contributed by atoms with E-state index in [0.29, 0.717) is 5.56 Å². The fraction of sp³-hybridized carbons (Fsp3) is 0.429. The second-order valence-corrected chi connectivity index (χ2v) is 4.76. The molecule has 0 saturated carbocycles. The standard InChI is InChI=1S/C14H20FN/c1-11(2)16(5)10-12-6-8-13(9-7-12)14(3,4)15/h6-9H,1,10H2,2-5H3. The molecule has 1 nitrogen and oxygen atoms in total. The van der Waals surface area contributed by atoms with E-state index in [0.717, 1.165) is 12.2 Å². The first-order chi connectivity index (χ1) is 7.30. The summed E-state index contributed by atoms with van der Waals surface area (Å²) >= 11 is 0. The second-order valence-electron chi connectivity index (χ2n) is 4.76. The number of halogens is 1. The van der Waals surface area contributed by atoms with Crippen LogP contribution in [0.3, 0.4) is 0 Å². The van der Waals surface area contributed by atoms with Gasteiger partial charge in [-0.2, -0.15) is 0 Å². The summed E-state index contributed by atoms with van der Waals surface area (Å²) in [5.74, 6) is 0. The number of allylic oxidation sites excluding steroid dienone is 1. The number of benzene rings is 1. The highest BCUT2D eigenvalue weighted by atomic mass is 19.1. The molecule has 2 heteroatoms.